The molecule has 0 aromatic heterocycles. The Morgan fingerprint density at radius 1 is 1.12 bits per heavy atom. The molecule has 3 unspecified atom stereocenters. The molecule has 0 spiro atoms. The van der Waals surface area contributed by atoms with E-state index < -0.39 is 9.84 Å². The van der Waals surface area contributed by atoms with E-state index in [0.29, 0.717) is 18.3 Å². The quantitative estimate of drug-likeness (QED) is 0.841. The van der Waals surface area contributed by atoms with Crippen LogP contribution in [0.25, 0.3) is 0 Å². The highest BCUT2D eigenvalue weighted by Gasteiger charge is 2.32. The van der Waals surface area contributed by atoms with E-state index in [0.717, 1.165) is 18.8 Å². The van der Waals surface area contributed by atoms with E-state index in [-0.39, 0.29) is 5.25 Å². The fourth-order valence-electron chi connectivity index (χ4n) is 3.34. The minimum absolute atomic E-state index is 0.109. The third kappa shape index (κ3) is 3.22. The fourth-order valence-corrected chi connectivity index (χ4v) is 5.11. The van der Waals surface area contributed by atoms with Crippen LogP contribution in [0.1, 0.15) is 51.9 Å². The average molecular weight is 259 g/mol. The average Bonchev–Trinajstić information content (AvgIpc) is 2.66. The number of hydrogen-bond acceptors (Lipinski definition) is 3. The Kier molecular flexibility index (Phi) is 4.47. The van der Waals surface area contributed by atoms with Crippen molar-refractivity contribution in [2.75, 3.05) is 12.3 Å². The van der Waals surface area contributed by atoms with Gasteiger partial charge in [0.15, 0.2) is 9.84 Å². The standard InChI is InChI=1S/C13H25NO2S/c1-2-11-6-3-4-8-13(11)14-10-12-7-5-9-17(12,15)16/h11-14H,2-10H2,1H3. The number of hydrogen-bond donors (Lipinski definition) is 1. The molecule has 1 N–H and O–H groups in total. The molecule has 4 heteroatoms. The Bertz CT molecular complexity index is 339. The van der Waals surface area contributed by atoms with E-state index in [1.807, 2.05) is 0 Å². The summed E-state index contributed by atoms with van der Waals surface area (Å²) >= 11 is 0. The highest BCUT2D eigenvalue weighted by Crippen LogP contribution is 2.27. The SMILES string of the molecule is CCC1CCCCC1NCC1CCCS1(=O)=O. The molecule has 3 atom stereocenters. The molecule has 1 aliphatic carbocycles. The first-order chi connectivity index (χ1) is 8.13. The Morgan fingerprint density at radius 3 is 2.53 bits per heavy atom. The number of nitrogens with one attached hydrogen (secondary N) is 1. The Balaban J connectivity index is 1.84. The van der Waals surface area contributed by atoms with Crippen molar-refractivity contribution in [3.05, 3.63) is 0 Å². The lowest BCUT2D eigenvalue weighted by molar-refractivity contribution is 0.256. The summed E-state index contributed by atoms with van der Waals surface area (Å²) < 4.78 is 23.5. The Hall–Kier alpha value is -0.0900. The molecular weight excluding hydrogens is 234 g/mol. The first-order valence-corrected chi connectivity index (χ1v) is 8.80. The first-order valence-electron chi connectivity index (χ1n) is 7.08. The molecule has 1 saturated heterocycles. The molecule has 17 heavy (non-hydrogen) atoms. The Morgan fingerprint density at radius 2 is 1.88 bits per heavy atom. The van der Waals surface area contributed by atoms with Crippen molar-refractivity contribution >= 4 is 9.84 Å². The minimum atomic E-state index is -2.77. The zero-order valence-electron chi connectivity index (χ0n) is 10.8. The summed E-state index contributed by atoms with van der Waals surface area (Å²) in [5.41, 5.74) is 0. The third-order valence-electron chi connectivity index (χ3n) is 4.50. The highest BCUT2D eigenvalue weighted by atomic mass is 32.2. The van der Waals surface area contributed by atoms with Crippen LogP contribution in [0.3, 0.4) is 0 Å². The molecule has 3 nitrogen and oxygen atoms in total. The van der Waals surface area contributed by atoms with Gasteiger partial charge < -0.3 is 5.32 Å². The topological polar surface area (TPSA) is 46.2 Å². The van der Waals surface area contributed by atoms with Crippen LogP contribution in [0.5, 0.6) is 0 Å². The van der Waals surface area contributed by atoms with Gasteiger partial charge >= 0.3 is 0 Å². The molecule has 1 heterocycles. The van der Waals surface area contributed by atoms with E-state index >= 15 is 0 Å². The van der Waals surface area contributed by atoms with Crippen LogP contribution in [0.4, 0.5) is 0 Å². The van der Waals surface area contributed by atoms with Crippen molar-refractivity contribution < 1.29 is 8.42 Å². The van der Waals surface area contributed by atoms with E-state index in [1.165, 1.54) is 32.1 Å². The van der Waals surface area contributed by atoms with Gasteiger partial charge in [-0.3, -0.25) is 0 Å². The van der Waals surface area contributed by atoms with E-state index in [9.17, 15) is 8.42 Å². The van der Waals surface area contributed by atoms with Crippen molar-refractivity contribution in [2.24, 2.45) is 5.92 Å². The molecular formula is C13H25NO2S. The number of rotatable bonds is 4. The fraction of sp³-hybridized carbons (Fsp3) is 1.00. The molecule has 2 aliphatic rings. The van der Waals surface area contributed by atoms with E-state index in [2.05, 4.69) is 12.2 Å². The zero-order chi connectivity index (χ0) is 12.3. The van der Waals surface area contributed by atoms with Gasteiger partial charge in [-0.05, 0) is 31.6 Å². The molecule has 1 aliphatic heterocycles. The molecule has 0 amide bonds. The second-order valence-corrected chi connectivity index (χ2v) is 8.00. The Labute approximate surface area is 105 Å². The van der Waals surface area contributed by atoms with Crippen LogP contribution in [0, 0.1) is 5.92 Å². The summed E-state index contributed by atoms with van der Waals surface area (Å²) in [5, 5.41) is 3.43. The third-order valence-corrected chi connectivity index (χ3v) is 6.78. The van der Waals surface area contributed by atoms with Crippen LogP contribution in [0.2, 0.25) is 0 Å². The van der Waals surface area contributed by atoms with Crippen molar-refractivity contribution in [1.82, 2.24) is 5.32 Å². The molecule has 1 saturated carbocycles. The van der Waals surface area contributed by atoms with Gasteiger partial charge in [0.1, 0.15) is 0 Å². The van der Waals surface area contributed by atoms with E-state index in [1.54, 1.807) is 0 Å². The maximum Gasteiger partial charge on any atom is 0.154 e. The van der Waals surface area contributed by atoms with Crippen LogP contribution < -0.4 is 5.32 Å². The minimum Gasteiger partial charge on any atom is -0.312 e. The summed E-state index contributed by atoms with van der Waals surface area (Å²) in [7, 11) is -2.77. The monoisotopic (exact) mass is 259 g/mol. The van der Waals surface area contributed by atoms with Crippen molar-refractivity contribution in [3.63, 3.8) is 0 Å². The predicted octanol–water partition coefficient (Wildman–Crippen LogP) is 2.12. The van der Waals surface area contributed by atoms with Crippen LogP contribution in [-0.4, -0.2) is 32.0 Å². The van der Waals surface area contributed by atoms with Gasteiger partial charge in [0.2, 0.25) is 0 Å². The summed E-state index contributed by atoms with van der Waals surface area (Å²) in [6.45, 7) is 2.93. The normalized spacial score (nSPS) is 37.1. The van der Waals surface area contributed by atoms with Crippen LogP contribution in [0.15, 0.2) is 0 Å². The largest absolute Gasteiger partial charge is 0.312 e. The highest BCUT2D eigenvalue weighted by molar-refractivity contribution is 7.92. The molecule has 2 fully saturated rings. The van der Waals surface area contributed by atoms with E-state index in [4.69, 9.17) is 0 Å². The maximum atomic E-state index is 11.7. The van der Waals surface area contributed by atoms with Gasteiger partial charge in [-0.15, -0.1) is 0 Å². The molecule has 0 bridgehead atoms. The molecule has 100 valence electrons. The van der Waals surface area contributed by atoms with Crippen LogP contribution in [-0.2, 0) is 9.84 Å². The van der Waals surface area contributed by atoms with Gasteiger partial charge in [-0.25, -0.2) is 8.42 Å². The van der Waals surface area contributed by atoms with Crippen LogP contribution >= 0.6 is 0 Å². The lowest BCUT2D eigenvalue weighted by atomic mass is 9.83. The van der Waals surface area contributed by atoms with Gasteiger partial charge in [-0.1, -0.05) is 26.2 Å². The lowest BCUT2D eigenvalue weighted by Crippen LogP contribution is -2.43. The van der Waals surface area contributed by atoms with Crippen molar-refractivity contribution in [3.8, 4) is 0 Å². The second kappa shape index (κ2) is 5.70. The maximum absolute atomic E-state index is 11.7. The zero-order valence-corrected chi connectivity index (χ0v) is 11.6. The molecule has 2 rings (SSSR count). The molecule has 0 radical (unpaired) electrons. The second-order valence-electron chi connectivity index (χ2n) is 5.60. The van der Waals surface area contributed by atoms with Gasteiger partial charge in [-0.2, -0.15) is 0 Å². The smallest absolute Gasteiger partial charge is 0.154 e. The summed E-state index contributed by atoms with van der Waals surface area (Å²) in [6.07, 6.45) is 8.12. The van der Waals surface area contributed by atoms with Gasteiger partial charge in [0.25, 0.3) is 0 Å². The lowest BCUT2D eigenvalue weighted by Gasteiger charge is -2.32. The van der Waals surface area contributed by atoms with Crippen molar-refractivity contribution in [1.29, 1.82) is 0 Å². The van der Waals surface area contributed by atoms with Gasteiger partial charge in [0.05, 0.1) is 11.0 Å². The van der Waals surface area contributed by atoms with Gasteiger partial charge in [0, 0.05) is 12.6 Å². The summed E-state index contributed by atoms with van der Waals surface area (Å²) in [5.74, 6) is 1.16. The first kappa shape index (κ1) is 13.3. The summed E-state index contributed by atoms with van der Waals surface area (Å²) in [6, 6.07) is 0.560. The molecule has 0 aromatic rings. The molecule has 0 aromatic carbocycles. The van der Waals surface area contributed by atoms with Crippen molar-refractivity contribution in [2.45, 2.75) is 63.2 Å². The predicted molar refractivity (Wildman–Crippen MR) is 70.8 cm³/mol. The number of sulfone groups is 1. The summed E-state index contributed by atoms with van der Waals surface area (Å²) in [4.78, 5) is 0.